The molecule has 2 unspecified atom stereocenters. The van der Waals surface area contributed by atoms with Crippen molar-refractivity contribution in [2.24, 2.45) is 34.8 Å². The van der Waals surface area contributed by atoms with Crippen molar-refractivity contribution >= 4 is 5.91 Å². The summed E-state index contributed by atoms with van der Waals surface area (Å²) in [5, 5.41) is 0. The van der Waals surface area contributed by atoms with Gasteiger partial charge in [-0.05, 0) is 81.6 Å². The molecule has 2 N–H and O–H groups in total. The third-order valence-corrected chi connectivity index (χ3v) is 7.23. The molecule has 0 aromatic heterocycles. The van der Waals surface area contributed by atoms with Gasteiger partial charge in [0.05, 0.1) is 5.41 Å². The summed E-state index contributed by atoms with van der Waals surface area (Å²) < 4.78 is 0. The molecule has 0 saturated heterocycles. The lowest BCUT2D eigenvalue weighted by atomic mass is 9.49. The third kappa shape index (κ3) is 2.15. The first-order valence-electron chi connectivity index (χ1n) is 9.08. The molecule has 21 heavy (non-hydrogen) atoms. The normalized spacial score (nSPS) is 47.8. The molecule has 5 rings (SSSR count). The first kappa shape index (κ1) is 14.0. The minimum atomic E-state index is 0.0191. The van der Waals surface area contributed by atoms with Gasteiger partial charge in [0.25, 0.3) is 0 Å². The highest BCUT2D eigenvalue weighted by molar-refractivity contribution is 5.83. The summed E-state index contributed by atoms with van der Waals surface area (Å²) in [6, 6.07) is 0.413. The zero-order valence-electron chi connectivity index (χ0n) is 13.4. The number of nitrogens with zero attached hydrogens (tertiary/aromatic N) is 1. The van der Waals surface area contributed by atoms with Gasteiger partial charge in [-0.25, -0.2) is 0 Å². The Morgan fingerprint density at radius 1 is 1.10 bits per heavy atom. The van der Waals surface area contributed by atoms with E-state index in [-0.39, 0.29) is 5.41 Å². The molecular formula is C18H30N2O. The number of nitrogens with two attached hydrogens (primary N) is 1. The average molecular weight is 290 g/mol. The summed E-state index contributed by atoms with van der Waals surface area (Å²) in [6.07, 6.45) is 11.4. The van der Waals surface area contributed by atoms with E-state index in [2.05, 4.69) is 11.9 Å². The monoisotopic (exact) mass is 290 g/mol. The van der Waals surface area contributed by atoms with Crippen LogP contribution in [0, 0.1) is 29.1 Å². The molecule has 118 valence electrons. The standard InChI is InChI=1S/C18H30N2O/c1-20(16-4-2-3-15(16)11-19)17(21)18-8-12-5-13(9-18)7-14(6-12)10-18/h12-16H,2-11,19H2,1H3. The van der Waals surface area contributed by atoms with Gasteiger partial charge in [-0.1, -0.05) is 6.42 Å². The van der Waals surface area contributed by atoms with Crippen LogP contribution in [-0.4, -0.2) is 30.4 Å². The van der Waals surface area contributed by atoms with E-state index < -0.39 is 0 Å². The second kappa shape index (κ2) is 4.97. The summed E-state index contributed by atoms with van der Waals surface area (Å²) in [4.78, 5) is 15.5. The van der Waals surface area contributed by atoms with Crippen molar-refractivity contribution < 1.29 is 4.79 Å². The summed E-state index contributed by atoms with van der Waals surface area (Å²) in [6.45, 7) is 0.739. The lowest BCUT2D eigenvalue weighted by Gasteiger charge is -2.57. The van der Waals surface area contributed by atoms with Gasteiger partial charge in [0, 0.05) is 13.1 Å². The van der Waals surface area contributed by atoms with Crippen LogP contribution in [0.3, 0.4) is 0 Å². The molecule has 4 bridgehead atoms. The maximum absolute atomic E-state index is 13.3. The maximum atomic E-state index is 13.3. The van der Waals surface area contributed by atoms with Crippen LogP contribution in [0.1, 0.15) is 57.8 Å². The van der Waals surface area contributed by atoms with Gasteiger partial charge < -0.3 is 10.6 Å². The molecule has 0 aromatic carbocycles. The van der Waals surface area contributed by atoms with Crippen molar-refractivity contribution in [1.29, 1.82) is 0 Å². The van der Waals surface area contributed by atoms with Gasteiger partial charge in [-0.15, -0.1) is 0 Å². The Morgan fingerprint density at radius 2 is 1.67 bits per heavy atom. The number of carbonyl (C=O) groups excluding carboxylic acids is 1. The fourth-order valence-electron chi connectivity index (χ4n) is 6.70. The highest BCUT2D eigenvalue weighted by Gasteiger charge is 2.56. The number of hydrogen-bond donors (Lipinski definition) is 1. The van der Waals surface area contributed by atoms with Gasteiger partial charge in [0.15, 0.2) is 0 Å². The van der Waals surface area contributed by atoms with Gasteiger partial charge >= 0.3 is 0 Å². The Hall–Kier alpha value is -0.570. The lowest BCUT2D eigenvalue weighted by Crippen LogP contribution is -2.56. The number of hydrogen-bond acceptors (Lipinski definition) is 2. The van der Waals surface area contributed by atoms with Crippen LogP contribution in [0.5, 0.6) is 0 Å². The fraction of sp³-hybridized carbons (Fsp3) is 0.944. The Labute approximate surface area is 128 Å². The third-order valence-electron chi connectivity index (χ3n) is 7.23. The van der Waals surface area contributed by atoms with Crippen LogP contribution < -0.4 is 5.73 Å². The minimum Gasteiger partial charge on any atom is -0.342 e. The smallest absolute Gasteiger partial charge is 0.228 e. The molecule has 0 heterocycles. The second-order valence-corrected chi connectivity index (χ2v) is 8.61. The van der Waals surface area contributed by atoms with Crippen LogP contribution in [-0.2, 0) is 4.79 Å². The molecular weight excluding hydrogens is 260 g/mol. The van der Waals surface area contributed by atoms with Crippen molar-refractivity contribution in [2.75, 3.05) is 13.6 Å². The summed E-state index contributed by atoms with van der Waals surface area (Å²) in [5.41, 5.74) is 5.95. The van der Waals surface area contributed by atoms with E-state index in [4.69, 9.17) is 5.73 Å². The Kier molecular flexibility index (Phi) is 3.33. The first-order valence-corrected chi connectivity index (χ1v) is 9.08. The summed E-state index contributed by atoms with van der Waals surface area (Å²) in [5.74, 6) is 3.56. The van der Waals surface area contributed by atoms with Gasteiger partial charge in [-0.3, -0.25) is 4.79 Å². The minimum absolute atomic E-state index is 0.0191. The predicted octanol–water partition coefficient (Wildman–Crippen LogP) is 2.79. The van der Waals surface area contributed by atoms with Crippen molar-refractivity contribution in [2.45, 2.75) is 63.8 Å². The predicted molar refractivity (Wildman–Crippen MR) is 83.6 cm³/mol. The summed E-state index contributed by atoms with van der Waals surface area (Å²) in [7, 11) is 2.07. The van der Waals surface area contributed by atoms with Gasteiger partial charge in [0.1, 0.15) is 0 Å². The molecule has 5 aliphatic carbocycles. The van der Waals surface area contributed by atoms with Gasteiger partial charge in [0.2, 0.25) is 5.91 Å². The molecule has 5 fully saturated rings. The Balaban J connectivity index is 1.54. The van der Waals surface area contributed by atoms with Crippen LogP contribution in [0.2, 0.25) is 0 Å². The van der Waals surface area contributed by atoms with Crippen LogP contribution >= 0.6 is 0 Å². The van der Waals surface area contributed by atoms with E-state index in [1.807, 2.05) is 0 Å². The van der Waals surface area contributed by atoms with Crippen LogP contribution in [0.25, 0.3) is 0 Å². The number of rotatable bonds is 3. The van der Waals surface area contributed by atoms with Crippen molar-refractivity contribution in [3.63, 3.8) is 0 Å². The average Bonchev–Trinajstić information content (AvgIpc) is 2.92. The lowest BCUT2D eigenvalue weighted by molar-refractivity contribution is -0.159. The van der Waals surface area contributed by atoms with Gasteiger partial charge in [-0.2, -0.15) is 0 Å². The van der Waals surface area contributed by atoms with E-state index in [1.54, 1.807) is 0 Å². The fourth-order valence-corrected chi connectivity index (χ4v) is 6.70. The van der Waals surface area contributed by atoms with Crippen LogP contribution in [0.4, 0.5) is 0 Å². The van der Waals surface area contributed by atoms with E-state index in [9.17, 15) is 4.79 Å². The molecule has 2 atom stereocenters. The maximum Gasteiger partial charge on any atom is 0.228 e. The van der Waals surface area contributed by atoms with E-state index >= 15 is 0 Å². The molecule has 0 radical (unpaired) electrons. The zero-order valence-corrected chi connectivity index (χ0v) is 13.4. The molecule has 0 aliphatic heterocycles. The van der Waals surface area contributed by atoms with Crippen molar-refractivity contribution in [1.82, 2.24) is 4.90 Å². The van der Waals surface area contributed by atoms with E-state index in [0.29, 0.717) is 17.9 Å². The molecule has 0 spiro atoms. The number of carbonyl (C=O) groups is 1. The van der Waals surface area contributed by atoms with Crippen molar-refractivity contribution in [3.8, 4) is 0 Å². The quantitative estimate of drug-likeness (QED) is 0.869. The van der Waals surface area contributed by atoms with Crippen LogP contribution in [0.15, 0.2) is 0 Å². The topological polar surface area (TPSA) is 46.3 Å². The molecule has 3 heteroatoms. The Bertz CT molecular complexity index is 398. The molecule has 5 saturated carbocycles. The highest BCUT2D eigenvalue weighted by atomic mass is 16.2. The largest absolute Gasteiger partial charge is 0.342 e. The molecule has 0 aromatic rings. The first-order chi connectivity index (χ1) is 10.1. The molecule has 5 aliphatic rings. The van der Waals surface area contributed by atoms with E-state index in [1.165, 1.54) is 51.4 Å². The zero-order chi connectivity index (χ0) is 14.6. The molecule has 1 amide bonds. The van der Waals surface area contributed by atoms with Crippen molar-refractivity contribution in [3.05, 3.63) is 0 Å². The highest BCUT2D eigenvalue weighted by Crippen LogP contribution is 2.60. The molecule has 3 nitrogen and oxygen atoms in total. The summed E-state index contributed by atoms with van der Waals surface area (Å²) >= 11 is 0. The SMILES string of the molecule is CN(C(=O)C12CC3CC(CC(C3)C1)C2)C1CCCC1CN. The Morgan fingerprint density at radius 3 is 2.19 bits per heavy atom. The van der Waals surface area contributed by atoms with E-state index in [0.717, 1.165) is 30.7 Å². The second-order valence-electron chi connectivity index (χ2n) is 8.61. The number of amides is 1.